The van der Waals surface area contributed by atoms with Gasteiger partial charge >= 0.3 is 36.2 Å². The van der Waals surface area contributed by atoms with E-state index >= 15 is 0 Å². The lowest BCUT2D eigenvalue weighted by atomic mass is 9.89. The van der Waals surface area contributed by atoms with Crippen LogP contribution in [0.2, 0.25) is 0 Å². The average Bonchev–Trinajstić information content (AvgIpc) is 3.79. The number of amides is 3. The minimum absolute atomic E-state index is 0.0990. The van der Waals surface area contributed by atoms with Crippen LogP contribution in [0.3, 0.4) is 0 Å². The third-order valence-electron chi connectivity index (χ3n) is 8.99. The summed E-state index contributed by atoms with van der Waals surface area (Å²) >= 11 is 0. The number of aliphatic hydroxyl groups excluding tert-OH is 2. The molecule has 6 saturated heterocycles. The van der Waals surface area contributed by atoms with E-state index in [1.165, 1.54) is 0 Å². The molecule has 0 unspecified atom stereocenters. The Hall–Kier alpha value is -4.12. The highest BCUT2D eigenvalue weighted by atomic mass is 16.6. The number of cyclic esters (lactones) is 3. The maximum absolute atomic E-state index is 11.3. The number of carboxylic acid groups (broad SMARTS) is 1. The molecular formula is C33H53N3O14. The Balaban J connectivity index is 0.000000248. The van der Waals surface area contributed by atoms with Crippen molar-refractivity contribution in [3.63, 3.8) is 0 Å². The van der Waals surface area contributed by atoms with Crippen molar-refractivity contribution in [1.82, 2.24) is 14.7 Å². The lowest BCUT2D eigenvalue weighted by Gasteiger charge is -2.31. The first kappa shape index (κ1) is 42.0. The van der Waals surface area contributed by atoms with Crippen LogP contribution in [0.15, 0.2) is 11.6 Å². The number of esters is 2. The van der Waals surface area contributed by atoms with Crippen LogP contribution in [0.5, 0.6) is 0 Å². The lowest BCUT2D eigenvalue weighted by molar-refractivity contribution is -0.144. The van der Waals surface area contributed by atoms with Crippen LogP contribution in [0, 0.1) is 11.8 Å². The highest BCUT2D eigenvalue weighted by Crippen LogP contribution is 2.31. The fourth-order valence-corrected chi connectivity index (χ4v) is 6.72. The zero-order valence-electron chi connectivity index (χ0n) is 29.5. The Morgan fingerprint density at radius 2 is 1.18 bits per heavy atom. The van der Waals surface area contributed by atoms with Crippen LogP contribution in [-0.2, 0) is 38.1 Å². The van der Waals surface area contributed by atoms with Crippen molar-refractivity contribution in [2.45, 2.75) is 83.3 Å². The van der Waals surface area contributed by atoms with Gasteiger partial charge in [-0.2, -0.15) is 0 Å². The number of hydrogen-bond donors (Lipinski definition) is 3. The number of hydrogen-bond acceptors (Lipinski definition) is 13. The predicted octanol–water partition coefficient (Wildman–Crippen LogP) is 2.17. The van der Waals surface area contributed by atoms with E-state index in [1.807, 2.05) is 6.92 Å². The van der Waals surface area contributed by atoms with E-state index in [-0.39, 0.29) is 60.7 Å². The minimum atomic E-state index is -0.756. The van der Waals surface area contributed by atoms with Gasteiger partial charge in [-0.1, -0.05) is 5.57 Å². The molecule has 0 bridgehead atoms. The SMILES string of the molecule is CCOC(=O)C=C1CCN2C(=O)OC[C@H]2C1.CCOC(=O)C[C@H]1CCN2C(=O)OC[C@H]2C1.CO.CO.O=C(O)C[C@H]1CCN2C(=O)OC[C@H]2C1. The second-order valence-corrected chi connectivity index (χ2v) is 12.2. The maximum Gasteiger partial charge on any atom is 0.410 e. The Kier molecular flexibility index (Phi) is 18.4. The number of carbonyl (C=O) groups is 6. The Bertz CT molecular complexity index is 1180. The second-order valence-electron chi connectivity index (χ2n) is 12.2. The molecule has 6 aliphatic rings. The van der Waals surface area contributed by atoms with Gasteiger partial charge < -0.3 is 53.7 Å². The molecule has 17 nitrogen and oxygen atoms in total. The van der Waals surface area contributed by atoms with Crippen LogP contribution < -0.4 is 0 Å². The van der Waals surface area contributed by atoms with E-state index < -0.39 is 5.97 Å². The van der Waals surface area contributed by atoms with Gasteiger partial charge in [-0.15, -0.1) is 0 Å². The van der Waals surface area contributed by atoms with E-state index in [4.69, 9.17) is 39.0 Å². The second kappa shape index (κ2) is 21.9. The summed E-state index contributed by atoms with van der Waals surface area (Å²) in [6.45, 7) is 7.71. The summed E-state index contributed by atoms with van der Waals surface area (Å²) in [7, 11) is 2.00. The van der Waals surface area contributed by atoms with Crippen LogP contribution in [0.25, 0.3) is 0 Å². The molecule has 3 N–H and O–H groups in total. The summed E-state index contributed by atoms with van der Waals surface area (Å²) in [5.41, 5.74) is 1.04. The summed E-state index contributed by atoms with van der Waals surface area (Å²) < 4.78 is 24.6. The number of rotatable bonds is 7. The Morgan fingerprint density at radius 3 is 1.66 bits per heavy atom. The normalized spacial score (nSPS) is 26.6. The third-order valence-corrected chi connectivity index (χ3v) is 8.99. The van der Waals surface area contributed by atoms with Crippen molar-refractivity contribution in [1.29, 1.82) is 0 Å². The molecule has 5 atom stereocenters. The van der Waals surface area contributed by atoms with Gasteiger partial charge in [0.15, 0.2) is 0 Å². The molecule has 284 valence electrons. The topological polar surface area (TPSA) is 219 Å². The molecular weight excluding hydrogens is 662 g/mol. The molecule has 0 aromatic rings. The lowest BCUT2D eigenvalue weighted by Crippen LogP contribution is -2.41. The van der Waals surface area contributed by atoms with Crippen molar-refractivity contribution in [3.05, 3.63) is 11.6 Å². The molecule has 6 aliphatic heterocycles. The van der Waals surface area contributed by atoms with Gasteiger partial charge in [0.1, 0.15) is 19.8 Å². The summed E-state index contributed by atoms with van der Waals surface area (Å²) in [5, 5.41) is 22.6. The van der Waals surface area contributed by atoms with E-state index in [0.717, 1.165) is 51.9 Å². The van der Waals surface area contributed by atoms with Crippen LogP contribution >= 0.6 is 0 Å². The molecule has 50 heavy (non-hydrogen) atoms. The fraction of sp³-hybridized carbons (Fsp3) is 0.758. The Labute approximate surface area is 292 Å². The molecule has 6 heterocycles. The van der Waals surface area contributed by atoms with Gasteiger partial charge in [0.2, 0.25) is 0 Å². The first-order chi connectivity index (χ1) is 24.1. The monoisotopic (exact) mass is 715 g/mol. The van der Waals surface area contributed by atoms with Crippen LogP contribution in [0.4, 0.5) is 14.4 Å². The van der Waals surface area contributed by atoms with E-state index in [0.29, 0.717) is 71.4 Å². The van der Waals surface area contributed by atoms with Crippen molar-refractivity contribution in [3.8, 4) is 0 Å². The van der Waals surface area contributed by atoms with Crippen molar-refractivity contribution >= 4 is 36.2 Å². The fourth-order valence-electron chi connectivity index (χ4n) is 6.72. The van der Waals surface area contributed by atoms with Gasteiger partial charge in [-0.05, 0) is 64.2 Å². The summed E-state index contributed by atoms with van der Waals surface area (Å²) in [5.74, 6) is -0.658. The molecule has 0 aromatic carbocycles. The van der Waals surface area contributed by atoms with E-state index in [2.05, 4.69) is 0 Å². The first-order valence-corrected chi connectivity index (χ1v) is 17.0. The van der Waals surface area contributed by atoms with Crippen molar-refractivity contribution < 1.29 is 67.8 Å². The number of ether oxygens (including phenoxy) is 5. The number of aliphatic carboxylic acids is 1. The molecule has 6 fully saturated rings. The standard InChI is InChI=1S/C11H17NO4.C11H15NO4.C9H13NO4.2CH4O/c2*1-2-15-10(13)6-8-3-4-12-9(5-8)7-16-11(12)14;11-8(12)4-6-1-2-10-7(3-6)5-14-9(10)13;2*1-2/h8-9H,2-7H2,1H3;6,9H,2-5,7H2,1H3;6-7H,1-5H2,(H,11,12);2*2H,1H3/t8-,9+;9-;6-,7+;;/m010../s1. The van der Waals surface area contributed by atoms with E-state index in [9.17, 15) is 28.8 Å². The van der Waals surface area contributed by atoms with Gasteiger partial charge in [0.05, 0.1) is 31.3 Å². The van der Waals surface area contributed by atoms with Gasteiger partial charge in [0.25, 0.3) is 0 Å². The largest absolute Gasteiger partial charge is 0.481 e. The molecule has 0 aromatic heterocycles. The summed E-state index contributed by atoms with van der Waals surface area (Å²) in [6.07, 6.45) is 6.22. The minimum Gasteiger partial charge on any atom is -0.481 e. The zero-order chi connectivity index (χ0) is 37.2. The number of nitrogens with zero attached hydrogens (tertiary/aromatic N) is 3. The number of carboxylic acids is 1. The summed E-state index contributed by atoms with van der Waals surface area (Å²) in [6, 6.07) is 0.378. The van der Waals surface area contributed by atoms with Gasteiger partial charge in [-0.3, -0.25) is 9.59 Å². The molecule has 0 saturated carbocycles. The predicted molar refractivity (Wildman–Crippen MR) is 175 cm³/mol. The molecule has 0 spiro atoms. The van der Waals surface area contributed by atoms with Gasteiger partial charge in [0, 0.05) is 52.8 Å². The van der Waals surface area contributed by atoms with Gasteiger partial charge in [-0.25, -0.2) is 19.2 Å². The third kappa shape index (κ3) is 12.6. The maximum atomic E-state index is 11.3. The number of aliphatic hydroxyl groups is 2. The van der Waals surface area contributed by atoms with Crippen LogP contribution in [0.1, 0.15) is 65.2 Å². The van der Waals surface area contributed by atoms with Crippen LogP contribution in [-0.4, -0.2) is 151 Å². The van der Waals surface area contributed by atoms with Crippen molar-refractivity contribution in [2.24, 2.45) is 11.8 Å². The number of piperidine rings is 3. The van der Waals surface area contributed by atoms with Crippen molar-refractivity contribution in [2.75, 3.05) is 66.9 Å². The molecule has 17 heteroatoms. The molecule has 0 radical (unpaired) electrons. The highest BCUT2D eigenvalue weighted by molar-refractivity contribution is 5.83. The molecule has 6 rings (SSSR count). The van der Waals surface area contributed by atoms with E-state index in [1.54, 1.807) is 27.7 Å². The number of fused-ring (bicyclic) bond motifs is 3. The zero-order valence-corrected chi connectivity index (χ0v) is 29.5. The highest BCUT2D eigenvalue weighted by Gasteiger charge is 2.40. The first-order valence-electron chi connectivity index (χ1n) is 17.0. The molecule has 3 amide bonds. The number of carbonyl (C=O) groups excluding carboxylic acids is 5. The molecule has 0 aliphatic carbocycles. The summed E-state index contributed by atoms with van der Waals surface area (Å²) in [4.78, 5) is 71.9. The average molecular weight is 716 g/mol. The smallest absolute Gasteiger partial charge is 0.410 e. The quantitative estimate of drug-likeness (QED) is 0.196. The Morgan fingerprint density at radius 1 is 0.720 bits per heavy atom.